The smallest absolute Gasteiger partial charge is 0.223 e. The summed E-state index contributed by atoms with van der Waals surface area (Å²) in [5.74, 6) is 0.691. The predicted octanol–water partition coefficient (Wildman–Crippen LogP) is 1.56. The molecule has 5 nitrogen and oxygen atoms in total. The van der Waals surface area contributed by atoms with E-state index in [1.165, 1.54) is 19.3 Å². The minimum atomic E-state index is -0.521. The summed E-state index contributed by atoms with van der Waals surface area (Å²) in [5.41, 5.74) is -0.521. The van der Waals surface area contributed by atoms with Crippen molar-refractivity contribution in [3.8, 4) is 0 Å². The van der Waals surface area contributed by atoms with Crippen molar-refractivity contribution in [3.63, 3.8) is 0 Å². The fourth-order valence-electron chi connectivity index (χ4n) is 4.99. The second-order valence-electron chi connectivity index (χ2n) is 8.39. The van der Waals surface area contributed by atoms with Crippen LogP contribution < -0.4 is 0 Å². The molecule has 3 fully saturated rings. The van der Waals surface area contributed by atoms with Crippen molar-refractivity contribution >= 4 is 5.91 Å². The standard InChI is InChI=1S/C19H35N3O2/c1-19(24)9-4-3-6-16(19)17-7-5-10-21(17)11-8-18(23)22-14-12-20(2)13-15-22/h16-17,24H,3-15H2,1-2H3/t16-,17+,19+/m0/s1. The molecule has 0 radical (unpaired) electrons. The van der Waals surface area contributed by atoms with Crippen LogP contribution in [0.5, 0.6) is 0 Å². The summed E-state index contributed by atoms with van der Waals surface area (Å²) in [6.07, 6.45) is 7.49. The zero-order valence-electron chi connectivity index (χ0n) is 15.5. The number of likely N-dealkylation sites (tertiary alicyclic amines) is 1. The second kappa shape index (κ2) is 7.71. The molecule has 0 spiro atoms. The third kappa shape index (κ3) is 4.12. The maximum absolute atomic E-state index is 12.5. The van der Waals surface area contributed by atoms with Crippen LogP contribution in [0, 0.1) is 5.92 Å². The second-order valence-corrected chi connectivity index (χ2v) is 8.39. The molecule has 2 saturated heterocycles. The molecule has 0 bridgehead atoms. The molecule has 1 saturated carbocycles. The van der Waals surface area contributed by atoms with E-state index >= 15 is 0 Å². The average molecular weight is 338 g/mol. The predicted molar refractivity (Wildman–Crippen MR) is 95.9 cm³/mol. The number of hydrogen-bond donors (Lipinski definition) is 1. The van der Waals surface area contributed by atoms with Crippen molar-refractivity contribution in [1.29, 1.82) is 0 Å². The van der Waals surface area contributed by atoms with Gasteiger partial charge in [-0.05, 0) is 46.2 Å². The highest BCUT2D eigenvalue weighted by Crippen LogP contribution is 2.40. The molecule has 1 aliphatic carbocycles. The van der Waals surface area contributed by atoms with Crippen LogP contribution in [-0.4, -0.2) is 83.7 Å². The molecule has 2 aliphatic heterocycles. The minimum Gasteiger partial charge on any atom is -0.390 e. The van der Waals surface area contributed by atoms with E-state index in [0.717, 1.165) is 58.5 Å². The molecule has 138 valence electrons. The van der Waals surface area contributed by atoms with Crippen molar-refractivity contribution in [3.05, 3.63) is 0 Å². The van der Waals surface area contributed by atoms with Crippen LogP contribution in [0.4, 0.5) is 0 Å². The number of rotatable bonds is 4. The number of aliphatic hydroxyl groups is 1. The maximum Gasteiger partial charge on any atom is 0.223 e. The Morgan fingerprint density at radius 2 is 1.83 bits per heavy atom. The van der Waals surface area contributed by atoms with Gasteiger partial charge in [-0.15, -0.1) is 0 Å². The van der Waals surface area contributed by atoms with E-state index in [1.807, 2.05) is 11.8 Å². The van der Waals surface area contributed by atoms with E-state index in [0.29, 0.717) is 24.3 Å². The first-order valence-electron chi connectivity index (χ1n) is 9.90. The highest BCUT2D eigenvalue weighted by atomic mass is 16.3. The summed E-state index contributed by atoms with van der Waals surface area (Å²) >= 11 is 0. The zero-order valence-corrected chi connectivity index (χ0v) is 15.5. The number of amides is 1. The first-order valence-corrected chi connectivity index (χ1v) is 9.90. The van der Waals surface area contributed by atoms with E-state index in [9.17, 15) is 9.90 Å². The number of carbonyl (C=O) groups excluding carboxylic acids is 1. The van der Waals surface area contributed by atoms with Crippen molar-refractivity contribution in [2.24, 2.45) is 5.92 Å². The Morgan fingerprint density at radius 1 is 1.08 bits per heavy atom. The average Bonchev–Trinajstić information content (AvgIpc) is 3.01. The van der Waals surface area contributed by atoms with Gasteiger partial charge in [0, 0.05) is 51.1 Å². The molecule has 3 atom stereocenters. The van der Waals surface area contributed by atoms with Crippen LogP contribution in [0.1, 0.15) is 51.9 Å². The number of piperazine rings is 1. The van der Waals surface area contributed by atoms with Crippen LogP contribution in [-0.2, 0) is 4.79 Å². The van der Waals surface area contributed by atoms with E-state index in [-0.39, 0.29) is 0 Å². The lowest BCUT2D eigenvalue weighted by atomic mass is 9.72. The molecular formula is C19H35N3O2. The van der Waals surface area contributed by atoms with Crippen LogP contribution in [0.3, 0.4) is 0 Å². The number of hydrogen-bond acceptors (Lipinski definition) is 4. The van der Waals surface area contributed by atoms with Gasteiger partial charge in [0.1, 0.15) is 0 Å². The molecule has 0 aromatic carbocycles. The summed E-state index contributed by atoms with van der Waals surface area (Å²) in [7, 11) is 2.12. The van der Waals surface area contributed by atoms with Gasteiger partial charge >= 0.3 is 0 Å². The first-order chi connectivity index (χ1) is 11.5. The van der Waals surface area contributed by atoms with Crippen LogP contribution in [0.15, 0.2) is 0 Å². The normalized spacial score (nSPS) is 36.2. The van der Waals surface area contributed by atoms with Gasteiger partial charge in [-0.2, -0.15) is 0 Å². The molecule has 2 heterocycles. The van der Waals surface area contributed by atoms with Gasteiger partial charge in [-0.25, -0.2) is 0 Å². The summed E-state index contributed by atoms with van der Waals surface area (Å²) < 4.78 is 0. The summed E-state index contributed by atoms with van der Waals surface area (Å²) in [6, 6.07) is 0.473. The molecule has 1 amide bonds. The summed E-state index contributed by atoms with van der Waals surface area (Å²) in [6.45, 7) is 7.70. The number of carbonyl (C=O) groups is 1. The van der Waals surface area contributed by atoms with E-state index in [4.69, 9.17) is 0 Å². The van der Waals surface area contributed by atoms with Gasteiger partial charge in [0.05, 0.1) is 5.60 Å². The largest absolute Gasteiger partial charge is 0.390 e. The molecule has 5 heteroatoms. The Kier molecular flexibility index (Phi) is 5.83. The minimum absolute atomic E-state index is 0.309. The van der Waals surface area contributed by atoms with Crippen molar-refractivity contribution in [2.75, 3.05) is 46.3 Å². The fourth-order valence-corrected chi connectivity index (χ4v) is 4.99. The van der Waals surface area contributed by atoms with Gasteiger partial charge in [-0.3, -0.25) is 9.69 Å². The molecule has 24 heavy (non-hydrogen) atoms. The fraction of sp³-hybridized carbons (Fsp3) is 0.947. The van der Waals surface area contributed by atoms with Crippen LogP contribution in [0.2, 0.25) is 0 Å². The number of likely N-dealkylation sites (N-methyl/N-ethyl adjacent to an activating group) is 1. The lowest BCUT2D eigenvalue weighted by Crippen LogP contribution is -2.50. The Labute approximate surface area is 147 Å². The summed E-state index contributed by atoms with van der Waals surface area (Å²) in [5, 5.41) is 10.8. The van der Waals surface area contributed by atoms with Crippen LogP contribution >= 0.6 is 0 Å². The molecule has 3 rings (SSSR count). The quantitative estimate of drug-likeness (QED) is 0.846. The maximum atomic E-state index is 12.5. The molecule has 0 aromatic heterocycles. The zero-order chi connectivity index (χ0) is 17.2. The Hall–Kier alpha value is -0.650. The van der Waals surface area contributed by atoms with Gasteiger partial charge < -0.3 is 14.9 Å². The van der Waals surface area contributed by atoms with Crippen molar-refractivity contribution in [2.45, 2.75) is 63.5 Å². The molecular weight excluding hydrogens is 302 g/mol. The topological polar surface area (TPSA) is 47.0 Å². The van der Waals surface area contributed by atoms with Gasteiger partial charge in [0.2, 0.25) is 5.91 Å². The number of nitrogens with zero attached hydrogens (tertiary/aromatic N) is 3. The molecule has 3 aliphatic rings. The highest BCUT2D eigenvalue weighted by Gasteiger charge is 2.43. The lowest BCUT2D eigenvalue weighted by molar-refractivity contribution is -0.133. The Bertz CT molecular complexity index is 432. The Balaban J connectivity index is 1.51. The summed E-state index contributed by atoms with van der Waals surface area (Å²) in [4.78, 5) is 19.3. The molecule has 1 N–H and O–H groups in total. The van der Waals surface area contributed by atoms with E-state index in [1.54, 1.807) is 0 Å². The lowest BCUT2D eigenvalue weighted by Gasteiger charge is -2.43. The van der Waals surface area contributed by atoms with Crippen LogP contribution in [0.25, 0.3) is 0 Å². The van der Waals surface area contributed by atoms with Crippen molar-refractivity contribution < 1.29 is 9.90 Å². The van der Waals surface area contributed by atoms with Gasteiger partial charge in [0.25, 0.3) is 0 Å². The highest BCUT2D eigenvalue weighted by molar-refractivity contribution is 5.76. The van der Waals surface area contributed by atoms with E-state index in [2.05, 4.69) is 16.8 Å². The third-order valence-electron chi connectivity index (χ3n) is 6.59. The van der Waals surface area contributed by atoms with E-state index < -0.39 is 5.60 Å². The molecule has 0 aromatic rings. The molecule has 0 unspecified atom stereocenters. The van der Waals surface area contributed by atoms with Gasteiger partial charge in [0.15, 0.2) is 0 Å². The van der Waals surface area contributed by atoms with Gasteiger partial charge in [-0.1, -0.05) is 12.8 Å². The Morgan fingerprint density at radius 3 is 2.54 bits per heavy atom. The third-order valence-corrected chi connectivity index (χ3v) is 6.59. The monoisotopic (exact) mass is 337 g/mol. The first kappa shape index (κ1) is 18.2. The van der Waals surface area contributed by atoms with Crippen molar-refractivity contribution in [1.82, 2.24) is 14.7 Å². The SMILES string of the molecule is CN1CCN(C(=O)CCN2CCC[C@@H]2[C@@H]2CCCC[C@@]2(C)O)CC1.